The summed E-state index contributed by atoms with van der Waals surface area (Å²) in [6, 6.07) is 4.95. The Morgan fingerprint density at radius 3 is 3.00 bits per heavy atom. The number of aromatic carboxylic acids is 1. The molecule has 3 heteroatoms. The summed E-state index contributed by atoms with van der Waals surface area (Å²) in [4.78, 5) is 10.9. The summed E-state index contributed by atoms with van der Waals surface area (Å²) in [5.41, 5.74) is 0.874. The Kier molecular flexibility index (Phi) is 2.18. The normalized spacial score (nSPS) is 17.4. The number of ether oxygens (including phenoxy) is 1. The van der Waals surface area contributed by atoms with Crippen LogP contribution in [0.5, 0.6) is 5.75 Å². The minimum atomic E-state index is -1.02. The minimum absolute atomic E-state index is 0.136. The van der Waals surface area contributed by atoms with Gasteiger partial charge in [-0.25, -0.2) is 4.79 Å². The van der Waals surface area contributed by atoms with Crippen molar-refractivity contribution in [3.8, 4) is 18.1 Å². The number of carboxylic acid groups (broad SMARTS) is 1. The van der Waals surface area contributed by atoms with Crippen molar-refractivity contribution in [2.75, 3.05) is 0 Å². The highest BCUT2D eigenvalue weighted by Gasteiger charge is 2.19. The first-order valence-electron chi connectivity index (χ1n) is 4.39. The van der Waals surface area contributed by atoms with Crippen LogP contribution in [0.25, 0.3) is 6.08 Å². The number of terminal acetylenes is 1. The van der Waals surface area contributed by atoms with E-state index in [1.54, 1.807) is 24.3 Å². The standard InChI is InChI=1S/C12H8O3/c1-2-9-7-6-8-4-3-5-10(12(13)14)11(8)15-9/h1,3-7,9H,(H,13,14). The van der Waals surface area contributed by atoms with Crippen LogP contribution in [0.15, 0.2) is 24.3 Å². The molecule has 1 aromatic carbocycles. The van der Waals surface area contributed by atoms with Crippen LogP contribution in [-0.2, 0) is 0 Å². The van der Waals surface area contributed by atoms with E-state index in [1.807, 2.05) is 0 Å². The zero-order chi connectivity index (χ0) is 10.8. The first kappa shape index (κ1) is 9.35. The summed E-state index contributed by atoms with van der Waals surface area (Å²) in [5.74, 6) is 1.74. The van der Waals surface area contributed by atoms with Crippen molar-refractivity contribution < 1.29 is 14.6 Å². The maximum atomic E-state index is 10.9. The number of para-hydroxylation sites is 1. The lowest BCUT2D eigenvalue weighted by molar-refractivity contribution is 0.0691. The smallest absolute Gasteiger partial charge is 0.339 e. The molecule has 0 aliphatic carbocycles. The highest BCUT2D eigenvalue weighted by Crippen LogP contribution is 2.29. The second kappa shape index (κ2) is 3.50. The van der Waals surface area contributed by atoms with Gasteiger partial charge in [-0.2, -0.15) is 0 Å². The van der Waals surface area contributed by atoms with Crippen molar-refractivity contribution in [3.05, 3.63) is 35.4 Å². The van der Waals surface area contributed by atoms with Crippen LogP contribution in [0.3, 0.4) is 0 Å². The van der Waals surface area contributed by atoms with Crippen LogP contribution >= 0.6 is 0 Å². The van der Waals surface area contributed by atoms with Crippen LogP contribution in [0.2, 0.25) is 0 Å². The van der Waals surface area contributed by atoms with Crippen LogP contribution in [-0.4, -0.2) is 17.2 Å². The molecule has 1 aliphatic rings. The Balaban J connectivity index is 2.53. The van der Waals surface area contributed by atoms with E-state index in [9.17, 15) is 4.79 Å². The maximum absolute atomic E-state index is 10.9. The molecule has 0 aromatic heterocycles. The van der Waals surface area contributed by atoms with Crippen LogP contribution in [0.1, 0.15) is 15.9 Å². The van der Waals surface area contributed by atoms with Crippen molar-refractivity contribution in [1.82, 2.24) is 0 Å². The Morgan fingerprint density at radius 1 is 1.53 bits per heavy atom. The predicted molar refractivity (Wildman–Crippen MR) is 55.7 cm³/mol. The monoisotopic (exact) mass is 200 g/mol. The van der Waals surface area contributed by atoms with Crippen molar-refractivity contribution in [3.63, 3.8) is 0 Å². The third-order valence-corrected chi connectivity index (χ3v) is 2.14. The molecule has 0 radical (unpaired) electrons. The molecule has 1 unspecified atom stereocenters. The number of carbonyl (C=O) groups is 1. The number of benzene rings is 1. The van der Waals surface area contributed by atoms with Gasteiger partial charge in [0.2, 0.25) is 0 Å². The van der Waals surface area contributed by atoms with Crippen LogP contribution < -0.4 is 4.74 Å². The van der Waals surface area contributed by atoms with Crippen molar-refractivity contribution in [2.45, 2.75) is 6.10 Å². The van der Waals surface area contributed by atoms with Crippen molar-refractivity contribution in [2.24, 2.45) is 0 Å². The van der Waals surface area contributed by atoms with Gasteiger partial charge in [-0.15, -0.1) is 6.42 Å². The van der Waals surface area contributed by atoms with E-state index in [0.717, 1.165) is 5.56 Å². The second-order valence-corrected chi connectivity index (χ2v) is 3.09. The summed E-state index contributed by atoms with van der Waals surface area (Å²) < 4.78 is 5.37. The van der Waals surface area contributed by atoms with E-state index < -0.39 is 12.1 Å². The van der Waals surface area contributed by atoms with Gasteiger partial charge in [-0.3, -0.25) is 0 Å². The number of hydrogen-bond donors (Lipinski definition) is 1. The van der Waals surface area contributed by atoms with Gasteiger partial charge >= 0.3 is 5.97 Å². The van der Waals surface area contributed by atoms with Gasteiger partial charge < -0.3 is 9.84 Å². The predicted octanol–water partition coefficient (Wildman–Crippen LogP) is 1.79. The van der Waals surface area contributed by atoms with Gasteiger partial charge in [0, 0.05) is 5.56 Å². The molecule has 15 heavy (non-hydrogen) atoms. The largest absolute Gasteiger partial charge is 0.478 e. The zero-order valence-electron chi connectivity index (χ0n) is 7.81. The van der Waals surface area contributed by atoms with Crippen molar-refractivity contribution in [1.29, 1.82) is 0 Å². The summed E-state index contributed by atoms with van der Waals surface area (Å²) in [5, 5.41) is 8.94. The van der Waals surface area contributed by atoms with Gasteiger partial charge in [0.05, 0.1) is 0 Å². The number of fused-ring (bicyclic) bond motifs is 1. The highest BCUT2D eigenvalue weighted by molar-refractivity contribution is 5.92. The molecule has 0 saturated heterocycles. The average molecular weight is 200 g/mol. The minimum Gasteiger partial charge on any atom is -0.478 e. The van der Waals surface area contributed by atoms with E-state index in [-0.39, 0.29) is 5.56 Å². The Labute approximate surface area is 87.0 Å². The van der Waals surface area contributed by atoms with E-state index in [0.29, 0.717) is 5.75 Å². The van der Waals surface area contributed by atoms with E-state index in [4.69, 9.17) is 16.3 Å². The molecule has 74 valence electrons. The quantitative estimate of drug-likeness (QED) is 0.703. The molecule has 3 nitrogen and oxygen atoms in total. The van der Waals surface area contributed by atoms with Crippen LogP contribution in [0, 0.1) is 12.3 Å². The lowest BCUT2D eigenvalue weighted by Crippen LogP contribution is -2.16. The fourth-order valence-electron chi connectivity index (χ4n) is 1.43. The van der Waals surface area contributed by atoms with Gasteiger partial charge in [0.1, 0.15) is 11.3 Å². The molecular weight excluding hydrogens is 192 g/mol. The van der Waals surface area contributed by atoms with Gasteiger partial charge in [0.15, 0.2) is 6.10 Å². The summed E-state index contributed by atoms with van der Waals surface area (Å²) >= 11 is 0. The summed E-state index contributed by atoms with van der Waals surface area (Å²) in [7, 11) is 0. The van der Waals surface area contributed by atoms with E-state index >= 15 is 0 Å². The molecule has 1 aromatic rings. The molecular formula is C12H8O3. The SMILES string of the molecule is C#CC1C=Cc2cccc(C(=O)O)c2O1. The van der Waals surface area contributed by atoms with Gasteiger partial charge in [0.25, 0.3) is 0 Å². The molecule has 0 fully saturated rings. The molecule has 1 atom stereocenters. The summed E-state index contributed by atoms with van der Waals surface area (Å²) in [6.07, 6.45) is 8.21. The van der Waals surface area contributed by atoms with E-state index in [2.05, 4.69) is 5.92 Å². The molecule has 1 heterocycles. The first-order chi connectivity index (χ1) is 7.22. The Bertz CT molecular complexity index is 480. The maximum Gasteiger partial charge on any atom is 0.339 e. The lowest BCUT2D eigenvalue weighted by atomic mass is 10.1. The fraction of sp³-hybridized carbons (Fsp3) is 0.0833. The molecule has 0 saturated carbocycles. The van der Waals surface area contributed by atoms with Crippen molar-refractivity contribution >= 4 is 12.0 Å². The summed E-state index contributed by atoms with van der Waals surface area (Å²) in [6.45, 7) is 0. The Morgan fingerprint density at radius 2 is 2.33 bits per heavy atom. The molecule has 0 spiro atoms. The first-order valence-corrected chi connectivity index (χ1v) is 4.39. The van der Waals surface area contributed by atoms with Gasteiger partial charge in [-0.05, 0) is 12.1 Å². The lowest BCUT2D eigenvalue weighted by Gasteiger charge is -2.18. The number of hydrogen-bond acceptors (Lipinski definition) is 2. The molecule has 2 rings (SSSR count). The topological polar surface area (TPSA) is 46.5 Å². The molecule has 0 amide bonds. The highest BCUT2D eigenvalue weighted by atomic mass is 16.5. The van der Waals surface area contributed by atoms with E-state index in [1.165, 1.54) is 6.07 Å². The fourth-order valence-corrected chi connectivity index (χ4v) is 1.43. The van der Waals surface area contributed by atoms with Crippen LogP contribution in [0.4, 0.5) is 0 Å². The third-order valence-electron chi connectivity index (χ3n) is 2.14. The molecule has 1 N–H and O–H groups in total. The average Bonchev–Trinajstić information content (AvgIpc) is 2.27. The van der Waals surface area contributed by atoms with Gasteiger partial charge in [-0.1, -0.05) is 24.1 Å². The Hall–Kier alpha value is -2.21. The third kappa shape index (κ3) is 1.57. The molecule has 1 aliphatic heterocycles. The zero-order valence-corrected chi connectivity index (χ0v) is 7.81. The molecule has 0 bridgehead atoms. The number of rotatable bonds is 1. The second-order valence-electron chi connectivity index (χ2n) is 3.09. The number of carboxylic acids is 1.